The molecule has 1 aromatic rings. The summed E-state index contributed by atoms with van der Waals surface area (Å²) in [6.45, 7) is 3.12. The number of carbonyl (C=O) groups is 2. The molecule has 0 bridgehead atoms. The van der Waals surface area contributed by atoms with Gasteiger partial charge >= 0.3 is 5.97 Å². The second-order valence-corrected chi connectivity index (χ2v) is 4.67. The summed E-state index contributed by atoms with van der Waals surface area (Å²) in [7, 11) is 1.37. The number of nitrogens with one attached hydrogen (secondary N) is 1. The minimum Gasteiger partial charge on any atom is -0.469 e. The van der Waals surface area contributed by atoms with Crippen molar-refractivity contribution in [2.24, 2.45) is 0 Å². The number of hydrogen-bond acceptors (Lipinski definition) is 4. The van der Waals surface area contributed by atoms with Gasteiger partial charge in [-0.2, -0.15) is 0 Å². The molecule has 1 unspecified atom stereocenters. The van der Waals surface area contributed by atoms with Gasteiger partial charge in [0.1, 0.15) is 0 Å². The van der Waals surface area contributed by atoms with E-state index in [0.717, 1.165) is 12.1 Å². The van der Waals surface area contributed by atoms with Crippen LogP contribution in [0.3, 0.4) is 0 Å². The Bertz CT molecular complexity index is 500. The third kappa shape index (κ3) is 5.15. The third-order valence-corrected chi connectivity index (χ3v) is 3.14. The number of carbonyl (C=O) groups excluding carboxylic acids is 2. The second-order valence-electron chi connectivity index (χ2n) is 4.27. The average molecular weight is 296 g/mol. The maximum absolute atomic E-state index is 11.2. The summed E-state index contributed by atoms with van der Waals surface area (Å²) in [6.07, 6.45) is 3.43. The molecule has 0 saturated carbocycles. The summed E-state index contributed by atoms with van der Waals surface area (Å²) in [5.74, 6) is -0.405. The van der Waals surface area contributed by atoms with Crippen molar-refractivity contribution in [1.82, 2.24) is 5.32 Å². The summed E-state index contributed by atoms with van der Waals surface area (Å²) >= 11 is 5.91. The van der Waals surface area contributed by atoms with Crippen molar-refractivity contribution < 1.29 is 14.3 Å². The molecule has 2 rings (SSSR count). The lowest BCUT2D eigenvalue weighted by Crippen LogP contribution is -2.25. The van der Waals surface area contributed by atoms with Gasteiger partial charge in [0.25, 0.3) is 0 Å². The van der Waals surface area contributed by atoms with E-state index in [2.05, 4.69) is 10.1 Å². The van der Waals surface area contributed by atoms with Crippen molar-refractivity contribution in [2.75, 3.05) is 20.2 Å². The van der Waals surface area contributed by atoms with Crippen LogP contribution >= 0.6 is 11.6 Å². The number of hydrogen-bond donors (Lipinski definition) is 1. The Morgan fingerprint density at radius 3 is 2.55 bits per heavy atom. The Balaban J connectivity index is 0.000000240. The maximum atomic E-state index is 11.2. The zero-order chi connectivity index (χ0) is 15.0. The zero-order valence-corrected chi connectivity index (χ0v) is 12.3. The van der Waals surface area contributed by atoms with Crippen LogP contribution in [0.15, 0.2) is 36.4 Å². The van der Waals surface area contributed by atoms with Crippen LogP contribution < -0.4 is 5.32 Å². The van der Waals surface area contributed by atoms with Gasteiger partial charge < -0.3 is 10.1 Å². The van der Waals surface area contributed by atoms with Crippen LogP contribution in [0.4, 0.5) is 0 Å². The van der Waals surface area contributed by atoms with Crippen LogP contribution in [0.2, 0.25) is 5.02 Å². The lowest BCUT2D eigenvalue weighted by Gasteiger charge is -2.10. The highest BCUT2D eigenvalue weighted by Crippen LogP contribution is 2.24. The minimum atomic E-state index is -0.307. The van der Waals surface area contributed by atoms with Crippen molar-refractivity contribution in [3.63, 3.8) is 0 Å². The van der Waals surface area contributed by atoms with Gasteiger partial charge in [-0.3, -0.25) is 9.59 Å². The predicted octanol–water partition coefficient (Wildman–Crippen LogP) is 2.33. The molecular formula is C15H18ClNO3. The van der Waals surface area contributed by atoms with E-state index in [-0.39, 0.29) is 17.7 Å². The van der Waals surface area contributed by atoms with Crippen LogP contribution in [0, 0.1) is 0 Å². The predicted molar refractivity (Wildman–Crippen MR) is 78.9 cm³/mol. The number of benzene rings is 1. The monoisotopic (exact) mass is 295 g/mol. The van der Waals surface area contributed by atoms with Crippen molar-refractivity contribution >= 4 is 23.4 Å². The highest BCUT2D eigenvalue weighted by molar-refractivity contribution is 6.31. The molecule has 108 valence electrons. The Morgan fingerprint density at radius 1 is 1.40 bits per heavy atom. The van der Waals surface area contributed by atoms with Crippen LogP contribution in [-0.2, 0) is 14.3 Å². The molecule has 1 N–H and O–H groups in total. The van der Waals surface area contributed by atoms with Crippen molar-refractivity contribution in [3.05, 3.63) is 47.0 Å². The molecule has 20 heavy (non-hydrogen) atoms. The molecule has 0 aliphatic carbocycles. The number of halogens is 1. The van der Waals surface area contributed by atoms with E-state index in [1.165, 1.54) is 7.11 Å². The normalized spacial score (nSPS) is 15.1. The van der Waals surface area contributed by atoms with E-state index in [0.29, 0.717) is 11.6 Å². The van der Waals surface area contributed by atoms with Gasteiger partial charge in [-0.1, -0.05) is 35.9 Å². The Kier molecular flexibility index (Phi) is 6.98. The third-order valence-electron chi connectivity index (χ3n) is 2.79. The molecule has 1 aromatic carbocycles. The number of esters is 1. The maximum Gasteiger partial charge on any atom is 0.312 e. The van der Waals surface area contributed by atoms with Gasteiger partial charge in [-0.15, -0.1) is 0 Å². The smallest absolute Gasteiger partial charge is 0.312 e. The average Bonchev–Trinajstić information content (AvgIpc) is 2.47. The first-order valence-corrected chi connectivity index (χ1v) is 6.66. The topological polar surface area (TPSA) is 55.4 Å². The van der Waals surface area contributed by atoms with Crippen molar-refractivity contribution in [3.8, 4) is 0 Å². The Hall–Kier alpha value is -1.65. The highest BCUT2D eigenvalue weighted by Gasteiger charge is 2.17. The van der Waals surface area contributed by atoms with Crippen molar-refractivity contribution in [2.45, 2.75) is 12.8 Å². The summed E-state index contributed by atoms with van der Waals surface area (Å²) < 4.78 is 4.62. The first-order valence-electron chi connectivity index (χ1n) is 6.28. The molecule has 1 aliphatic heterocycles. The fraction of sp³-hybridized carbons (Fsp3) is 0.333. The fourth-order valence-corrected chi connectivity index (χ4v) is 1.96. The molecule has 0 fully saturated rings. The van der Waals surface area contributed by atoms with Gasteiger partial charge in [-0.05, 0) is 24.6 Å². The molecule has 1 aliphatic rings. The zero-order valence-electron chi connectivity index (χ0n) is 11.6. The molecule has 0 amide bonds. The molecule has 4 nitrogen and oxygen atoms in total. The number of methoxy groups -OCH3 is 1. The van der Waals surface area contributed by atoms with E-state index in [4.69, 9.17) is 11.6 Å². The largest absolute Gasteiger partial charge is 0.469 e. The lowest BCUT2D eigenvalue weighted by atomic mass is 10.0. The molecule has 1 heterocycles. The van der Waals surface area contributed by atoms with Gasteiger partial charge in [0.2, 0.25) is 0 Å². The molecule has 5 heteroatoms. The quantitative estimate of drug-likeness (QED) is 0.851. The van der Waals surface area contributed by atoms with E-state index >= 15 is 0 Å². The summed E-state index contributed by atoms with van der Waals surface area (Å²) in [6, 6.07) is 7.26. The molecule has 1 atom stereocenters. The van der Waals surface area contributed by atoms with E-state index in [9.17, 15) is 9.59 Å². The van der Waals surface area contributed by atoms with Gasteiger partial charge in [-0.25, -0.2) is 0 Å². The molecular weight excluding hydrogens is 278 g/mol. The molecule has 0 saturated heterocycles. The van der Waals surface area contributed by atoms with Gasteiger partial charge in [0.15, 0.2) is 5.78 Å². The van der Waals surface area contributed by atoms with E-state index in [1.54, 1.807) is 19.1 Å². The Morgan fingerprint density at radius 2 is 2.10 bits per heavy atom. The summed E-state index contributed by atoms with van der Waals surface area (Å²) in [5, 5.41) is 3.50. The van der Waals surface area contributed by atoms with Crippen molar-refractivity contribution in [1.29, 1.82) is 0 Å². The summed E-state index contributed by atoms with van der Waals surface area (Å²) in [5.41, 5.74) is 0.802. The van der Waals surface area contributed by atoms with E-state index < -0.39 is 0 Å². The number of ether oxygens (including phenoxy) is 1. The van der Waals surface area contributed by atoms with Gasteiger partial charge in [0.05, 0.1) is 19.6 Å². The number of ketones is 1. The standard InChI is InChI=1S/C10H11ClO2.C5H7NO/c1-7(10(12)13-2)8-5-3-4-6-9(8)11;7-5-2-1-3-6-4-5/h3-7H,1-2H3;1-2,6H,3-4H2. The van der Waals surface area contributed by atoms with Gasteiger partial charge in [0, 0.05) is 11.6 Å². The lowest BCUT2D eigenvalue weighted by molar-refractivity contribution is -0.142. The second kappa shape index (κ2) is 8.51. The fourth-order valence-electron chi connectivity index (χ4n) is 1.66. The summed E-state index contributed by atoms with van der Waals surface area (Å²) in [4.78, 5) is 21.5. The van der Waals surface area contributed by atoms with Crippen LogP contribution in [-0.4, -0.2) is 32.0 Å². The van der Waals surface area contributed by atoms with Crippen LogP contribution in [0.5, 0.6) is 0 Å². The van der Waals surface area contributed by atoms with Crippen LogP contribution in [0.1, 0.15) is 18.4 Å². The molecule has 0 aromatic heterocycles. The Labute approximate surface area is 123 Å². The first kappa shape index (κ1) is 16.4. The number of rotatable bonds is 2. The molecule has 0 spiro atoms. The minimum absolute atomic E-state index is 0.172. The highest BCUT2D eigenvalue weighted by atomic mass is 35.5. The van der Waals surface area contributed by atoms with E-state index in [1.807, 2.05) is 24.3 Å². The van der Waals surface area contributed by atoms with Crippen LogP contribution in [0.25, 0.3) is 0 Å². The SMILES string of the molecule is COC(=O)C(C)c1ccccc1Cl.O=C1C=CCNC1. The first-order chi connectivity index (χ1) is 9.56. The molecule has 0 radical (unpaired) electrons.